The first-order valence-electron chi connectivity index (χ1n) is 10.00. The van der Waals surface area contributed by atoms with E-state index in [4.69, 9.17) is 0 Å². The molecule has 4 nitrogen and oxygen atoms in total. The zero-order chi connectivity index (χ0) is 17.2. The van der Waals surface area contributed by atoms with Gasteiger partial charge in [0.25, 0.3) is 0 Å². The molecule has 1 N–H and O–H groups in total. The van der Waals surface area contributed by atoms with Gasteiger partial charge in [-0.3, -0.25) is 9.69 Å². The molecule has 0 spiro atoms. The first-order valence-corrected chi connectivity index (χ1v) is 10.00. The first-order chi connectivity index (χ1) is 12.2. The van der Waals surface area contributed by atoms with Gasteiger partial charge in [0.05, 0.1) is 12.1 Å². The molecule has 1 aromatic rings. The number of amides is 1. The van der Waals surface area contributed by atoms with E-state index in [1.807, 2.05) is 30.3 Å². The number of carbonyl (C=O) groups excluding carboxylic acids is 1. The van der Waals surface area contributed by atoms with E-state index in [0.29, 0.717) is 11.8 Å². The quantitative estimate of drug-likeness (QED) is 0.895. The number of carbonyl (C=O) groups is 1. The first kappa shape index (κ1) is 17.0. The standard InChI is InChI=1S/C21H30N2O2/c24-20(17-6-2-1-3-7-17)18-10-14-23(15-11-18)21(25)19(16-8-9-16)22-12-4-5-13-22/h1-3,6-7,16,18-20,24H,4-5,8-15H2/t19-,20+/m0/s1. The van der Waals surface area contributed by atoms with Gasteiger partial charge >= 0.3 is 0 Å². The minimum Gasteiger partial charge on any atom is -0.388 e. The Balaban J connectivity index is 1.35. The fraction of sp³-hybridized carbons (Fsp3) is 0.667. The van der Waals surface area contributed by atoms with Crippen LogP contribution in [0.25, 0.3) is 0 Å². The SMILES string of the molecule is O=C([C@H](C1CC1)N1CCCC1)N1CCC([C@H](O)c2ccccc2)CC1. The maximum atomic E-state index is 13.1. The van der Waals surface area contributed by atoms with Crippen LogP contribution in [0.4, 0.5) is 0 Å². The van der Waals surface area contributed by atoms with Gasteiger partial charge in [0.15, 0.2) is 0 Å². The molecule has 4 heteroatoms. The molecule has 2 aliphatic heterocycles. The predicted octanol–water partition coefficient (Wildman–Crippen LogP) is 2.83. The van der Waals surface area contributed by atoms with Crippen molar-refractivity contribution in [2.24, 2.45) is 11.8 Å². The molecule has 3 fully saturated rings. The van der Waals surface area contributed by atoms with Crippen LogP contribution < -0.4 is 0 Å². The highest BCUT2D eigenvalue weighted by molar-refractivity contribution is 5.82. The summed E-state index contributed by atoms with van der Waals surface area (Å²) >= 11 is 0. The Morgan fingerprint density at radius 1 is 0.920 bits per heavy atom. The number of nitrogens with zero attached hydrogens (tertiary/aromatic N) is 2. The van der Waals surface area contributed by atoms with Gasteiger partial charge in [-0.05, 0) is 69.0 Å². The Kier molecular flexibility index (Phi) is 5.09. The fourth-order valence-corrected chi connectivity index (χ4v) is 4.63. The molecule has 2 saturated heterocycles. The third-order valence-corrected chi connectivity index (χ3v) is 6.29. The number of hydrogen-bond donors (Lipinski definition) is 1. The lowest BCUT2D eigenvalue weighted by Gasteiger charge is -2.38. The van der Waals surface area contributed by atoms with Crippen LogP contribution in [0.5, 0.6) is 0 Å². The third-order valence-electron chi connectivity index (χ3n) is 6.29. The van der Waals surface area contributed by atoms with Gasteiger partial charge in [-0.15, -0.1) is 0 Å². The van der Waals surface area contributed by atoms with E-state index < -0.39 is 6.10 Å². The lowest BCUT2D eigenvalue weighted by Crippen LogP contribution is -2.51. The zero-order valence-corrected chi connectivity index (χ0v) is 15.0. The normalized spacial score (nSPS) is 25.1. The van der Waals surface area contributed by atoms with Crippen LogP contribution in [0.3, 0.4) is 0 Å². The molecule has 25 heavy (non-hydrogen) atoms. The summed E-state index contributed by atoms with van der Waals surface area (Å²) < 4.78 is 0. The van der Waals surface area contributed by atoms with Gasteiger partial charge in [0.1, 0.15) is 0 Å². The second-order valence-corrected chi connectivity index (χ2v) is 8.04. The molecule has 1 aliphatic carbocycles. The molecular formula is C21H30N2O2. The Bertz CT molecular complexity index is 573. The molecule has 0 bridgehead atoms. The van der Waals surface area contributed by atoms with Crippen LogP contribution in [-0.4, -0.2) is 53.0 Å². The minimum atomic E-state index is -0.406. The number of rotatable bonds is 5. The Morgan fingerprint density at radius 3 is 2.16 bits per heavy atom. The smallest absolute Gasteiger partial charge is 0.240 e. The van der Waals surface area contributed by atoms with Crippen LogP contribution in [0.1, 0.15) is 50.2 Å². The van der Waals surface area contributed by atoms with Gasteiger partial charge in [0.2, 0.25) is 5.91 Å². The largest absolute Gasteiger partial charge is 0.388 e. The van der Waals surface area contributed by atoms with Crippen molar-refractivity contribution >= 4 is 5.91 Å². The van der Waals surface area contributed by atoms with Crippen LogP contribution in [-0.2, 0) is 4.79 Å². The van der Waals surface area contributed by atoms with Crippen molar-refractivity contribution in [3.8, 4) is 0 Å². The van der Waals surface area contributed by atoms with Gasteiger partial charge in [-0.25, -0.2) is 0 Å². The average molecular weight is 342 g/mol. The molecule has 4 rings (SSSR count). The maximum Gasteiger partial charge on any atom is 0.240 e. The lowest BCUT2D eigenvalue weighted by atomic mass is 9.87. The number of hydrogen-bond acceptors (Lipinski definition) is 3. The molecule has 1 amide bonds. The molecule has 1 saturated carbocycles. The molecule has 2 atom stereocenters. The second kappa shape index (κ2) is 7.46. The van der Waals surface area contributed by atoms with Crippen LogP contribution in [0.2, 0.25) is 0 Å². The summed E-state index contributed by atoms with van der Waals surface area (Å²) in [5, 5.41) is 10.6. The van der Waals surface area contributed by atoms with E-state index >= 15 is 0 Å². The van der Waals surface area contributed by atoms with Crippen molar-refractivity contribution in [1.29, 1.82) is 0 Å². The highest BCUT2D eigenvalue weighted by atomic mass is 16.3. The van der Waals surface area contributed by atoms with E-state index in [-0.39, 0.29) is 12.0 Å². The second-order valence-electron chi connectivity index (χ2n) is 8.04. The molecule has 0 aromatic heterocycles. The highest BCUT2D eigenvalue weighted by Gasteiger charge is 2.43. The number of piperidine rings is 1. The summed E-state index contributed by atoms with van der Waals surface area (Å²) in [5.74, 6) is 1.22. The van der Waals surface area contributed by atoms with Crippen molar-refractivity contribution in [2.45, 2.75) is 50.7 Å². The Morgan fingerprint density at radius 2 is 1.56 bits per heavy atom. The van der Waals surface area contributed by atoms with Gasteiger partial charge in [-0.1, -0.05) is 30.3 Å². The summed E-state index contributed by atoms with van der Waals surface area (Å²) in [6, 6.07) is 10.1. The van der Waals surface area contributed by atoms with Crippen molar-refractivity contribution in [3.05, 3.63) is 35.9 Å². The van der Waals surface area contributed by atoms with Gasteiger partial charge in [0, 0.05) is 13.1 Å². The summed E-state index contributed by atoms with van der Waals surface area (Å²) in [6.07, 6.45) is 6.31. The van der Waals surface area contributed by atoms with E-state index in [9.17, 15) is 9.90 Å². The average Bonchev–Trinajstić information content (AvgIpc) is 3.35. The molecule has 136 valence electrons. The third kappa shape index (κ3) is 3.75. The topological polar surface area (TPSA) is 43.8 Å². The lowest BCUT2D eigenvalue weighted by molar-refractivity contribution is -0.139. The van der Waals surface area contributed by atoms with E-state index in [1.165, 1.54) is 25.7 Å². The number of likely N-dealkylation sites (tertiary alicyclic amines) is 2. The predicted molar refractivity (Wildman–Crippen MR) is 98.0 cm³/mol. The summed E-state index contributed by atoms with van der Waals surface area (Å²) in [7, 11) is 0. The van der Waals surface area contributed by atoms with Gasteiger partial charge < -0.3 is 10.0 Å². The molecule has 0 unspecified atom stereocenters. The fourth-order valence-electron chi connectivity index (χ4n) is 4.63. The molecular weight excluding hydrogens is 312 g/mol. The van der Waals surface area contributed by atoms with E-state index in [0.717, 1.165) is 44.6 Å². The summed E-state index contributed by atoms with van der Waals surface area (Å²) in [6.45, 7) is 3.78. The van der Waals surface area contributed by atoms with Crippen molar-refractivity contribution in [2.75, 3.05) is 26.2 Å². The molecule has 3 aliphatic rings. The zero-order valence-electron chi connectivity index (χ0n) is 15.0. The number of aliphatic hydroxyl groups is 1. The summed E-state index contributed by atoms with van der Waals surface area (Å²) in [4.78, 5) is 17.6. The Hall–Kier alpha value is -1.39. The van der Waals surface area contributed by atoms with Crippen molar-refractivity contribution in [1.82, 2.24) is 9.80 Å². The molecule has 1 aromatic carbocycles. The monoisotopic (exact) mass is 342 g/mol. The number of aliphatic hydroxyl groups excluding tert-OH is 1. The maximum absolute atomic E-state index is 13.1. The van der Waals surface area contributed by atoms with E-state index in [1.54, 1.807) is 0 Å². The number of benzene rings is 1. The molecule has 2 heterocycles. The van der Waals surface area contributed by atoms with Crippen LogP contribution in [0, 0.1) is 11.8 Å². The van der Waals surface area contributed by atoms with Crippen LogP contribution in [0.15, 0.2) is 30.3 Å². The van der Waals surface area contributed by atoms with Crippen LogP contribution >= 0.6 is 0 Å². The van der Waals surface area contributed by atoms with E-state index in [2.05, 4.69) is 9.80 Å². The Labute approximate surface area is 150 Å². The van der Waals surface area contributed by atoms with Crippen molar-refractivity contribution < 1.29 is 9.90 Å². The summed E-state index contributed by atoms with van der Waals surface area (Å²) in [5.41, 5.74) is 1.00. The highest BCUT2D eigenvalue weighted by Crippen LogP contribution is 2.38. The molecule has 0 radical (unpaired) electrons. The minimum absolute atomic E-state index is 0.137. The van der Waals surface area contributed by atoms with Gasteiger partial charge in [-0.2, -0.15) is 0 Å². The van der Waals surface area contributed by atoms with Crippen molar-refractivity contribution in [3.63, 3.8) is 0 Å².